The third kappa shape index (κ3) is 7.21. The highest BCUT2D eigenvalue weighted by Gasteiger charge is 2.50. The van der Waals surface area contributed by atoms with Crippen molar-refractivity contribution in [2.24, 2.45) is 0 Å². The Balaban J connectivity index is 1.40. The number of hydrogen-bond donors (Lipinski definition) is 2. The summed E-state index contributed by atoms with van der Waals surface area (Å²) in [6.45, 7) is 13.0. The van der Waals surface area contributed by atoms with Gasteiger partial charge in [0.1, 0.15) is 5.54 Å². The van der Waals surface area contributed by atoms with Gasteiger partial charge in [0, 0.05) is 30.7 Å². The zero-order valence-corrected chi connectivity index (χ0v) is 28.4. The lowest BCUT2D eigenvalue weighted by atomic mass is 9.97. The highest BCUT2D eigenvalue weighted by Crippen LogP contribution is 2.39. The van der Waals surface area contributed by atoms with Crippen LogP contribution in [0, 0.1) is 6.92 Å². The number of aromatic nitrogens is 2. The molecule has 3 aromatic carbocycles. The maximum absolute atomic E-state index is 13.7. The number of aryl methyl sites for hydroxylation is 1. The van der Waals surface area contributed by atoms with Gasteiger partial charge >= 0.3 is 12.2 Å². The summed E-state index contributed by atoms with van der Waals surface area (Å²) in [7, 11) is 1.43. The predicted octanol–water partition coefficient (Wildman–Crippen LogP) is 7.20. The molecular formula is C36H40F3N7O3. The smallest absolute Gasteiger partial charge is 0.354 e. The largest absolute Gasteiger partial charge is 0.416 e. The van der Waals surface area contributed by atoms with Crippen molar-refractivity contribution >= 4 is 46.1 Å². The molecule has 2 N–H and O–H groups in total. The molecule has 0 atom stereocenters. The first-order chi connectivity index (χ1) is 23.1. The summed E-state index contributed by atoms with van der Waals surface area (Å²) in [4.78, 5) is 53.3. The molecule has 5 rings (SSSR count). The fourth-order valence-electron chi connectivity index (χ4n) is 5.71. The molecule has 0 unspecified atom stereocenters. The molecule has 1 fully saturated rings. The van der Waals surface area contributed by atoms with E-state index in [4.69, 9.17) is 0 Å². The topological polar surface area (TPSA) is 111 Å². The number of likely N-dealkylation sites (N-methyl/N-ethyl adjacent to an activating group) is 1. The second-order valence-electron chi connectivity index (χ2n) is 12.5. The van der Waals surface area contributed by atoms with Gasteiger partial charge in [0.2, 0.25) is 5.95 Å². The quantitative estimate of drug-likeness (QED) is 0.128. The van der Waals surface area contributed by atoms with E-state index in [1.807, 2.05) is 25.1 Å². The predicted molar refractivity (Wildman–Crippen MR) is 185 cm³/mol. The number of alkyl halides is 3. The Bertz CT molecular complexity index is 1910. The van der Waals surface area contributed by atoms with Gasteiger partial charge in [-0.25, -0.2) is 19.7 Å². The molecule has 0 spiro atoms. The highest BCUT2D eigenvalue weighted by atomic mass is 19.4. The van der Waals surface area contributed by atoms with Crippen LogP contribution in [-0.4, -0.2) is 76.4 Å². The van der Waals surface area contributed by atoms with Crippen molar-refractivity contribution in [1.82, 2.24) is 19.8 Å². The zero-order valence-electron chi connectivity index (χ0n) is 28.4. The van der Waals surface area contributed by atoms with Crippen molar-refractivity contribution in [2.75, 3.05) is 48.8 Å². The molecule has 49 heavy (non-hydrogen) atoms. The summed E-state index contributed by atoms with van der Waals surface area (Å²) in [6.07, 6.45) is -2.03. The van der Waals surface area contributed by atoms with E-state index in [1.165, 1.54) is 25.8 Å². The summed E-state index contributed by atoms with van der Waals surface area (Å²) in [6, 6.07) is 12.4. The fraction of sp³-hybridized carbons (Fsp3) is 0.361. The van der Waals surface area contributed by atoms with Crippen molar-refractivity contribution < 1.29 is 27.6 Å². The Morgan fingerprint density at radius 1 is 1.00 bits per heavy atom. The van der Waals surface area contributed by atoms with Crippen LogP contribution < -0.4 is 15.5 Å². The van der Waals surface area contributed by atoms with Crippen molar-refractivity contribution in [3.05, 3.63) is 77.5 Å². The first-order valence-electron chi connectivity index (χ1n) is 16.1. The van der Waals surface area contributed by atoms with E-state index in [0.29, 0.717) is 5.95 Å². The number of amides is 4. The van der Waals surface area contributed by atoms with Gasteiger partial charge < -0.3 is 20.4 Å². The molecule has 2 heterocycles. The molecule has 10 nitrogen and oxygen atoms in total. The van der Waals surface area contributed by atoms with Crippen molar-refractivity contribution in [1.29, 1.82) is 0 Å². The monoisotopic (exact) mass is 675 g/mol. The van der Waals surface area contributed by atoms with Gasteiger partial charge in [-0.15, -0.1) is 0 Å². The molecule has 0 bridgehead atoms. The van der Waals surface area contributed by atoms with Crippen LogP contribution in [0.15, 0.2) is 60.8 Å². The lowest BCUT2D eigenvalue weighted by Crippen LogP contribution is -2.41. The molecule has 1 saturated heterocycles. The molecule has 258 valence electrons. The van der Waals surface area contributed by atoms with E-state index < -0.39 is 35.1 Å². The molecule has 4 amide bonds. The van der Waals surface area contributed by atoms with Crippen molar-refractivity contribution in [3.63, 3.8) is 0 Å². The van der Waals surface area contributed by atoms with Gasteiger partial charge in [-0.2, -0.15) is 13.2 Å². The minimum atomic E-state index is -4.73. The van der Waals surface area contributed by atoms with Crippen LogP contribution in [0.1, 0.15) is 55.6 Å². The number of anilines is 3. The van der Waals surface area contributed by atoms with Crippen molar-refractivity contribution in [3.8, 4) is 11.1 Å². The van der Waals surface area contributed by atoms with E-state index in [9.17, 15) is 27.6 Å². The molecule has 1 aliphatic heterocycles. The molecule has 4 aromatic rings. The minimum absolute atomic E-state index is 0.159. The van der Waals surface area contributed by atoms with E-state index in [1.54, 1.807) is 24.4 Å². The Morgan fingerprint density at radius 2 is 1.73 bits per heavy atom. The van der Waals surface area contributed by atoms with Gasteiger partial charge in [0.25, 0.3) is 11.8 Å². The van der Waals surface area contributed by atoms with Crippen LogP contribution >= 0.6 is 0 Å². The lowest BCUT2D eigenvalue weighted by molar-refractivity contribution is -0.137. The van der Waals surface area contributed by atoms with Crippen LogP contribution in [0.3, 0.4) is 0 Å². The highest BCUT2D eigenvalue weighted by molar-refractivity contribution is 6.24. The van der Waals surface area contributed by atoms with Crippen LogP contribution in [0.25, 0.3) is 22.0 Å². The Kier molecular flexibility index (Phi) is 9.95. The van der Waals surface area contributed by atoms with E-state index in [0.717, 1.165) is 83.3 Å². The average Bonchev–Trinajstić information content (AvgIpc) is 3.22. The SMILES string of the molecule is CCN(CC)CCCNc1ncc2cc(-c3cc(C(=O)Nc4cc(C(F)(F)F)ccc4N4C(=O)N(C)C(C)(C)C4=O)ccc3C)ccc2n1. The second kappa shape index (κ2) is 13.8. The minimum Gasteiger partial charge on any atom is -0.354 e. The van der Waals surface area contributed by atoms with Crippen LogP contribution in [0.4, 0.5) is 35.3 Å². The second-order valence-corrected chi connectivity index (χ2v) is 12.5. The van der Waals surface area contributed by atoms with Crippen molar-refractivity contribution in [2.45, 2.75) is 52.8 Å². The molecule has 0 aliphatic carbocycles. The first kappa shape index (κ1) is 35.3. The van der Waals surface area contributed by atoms with Gasteiger partial charge in [-0.3, -0.25) is 9.59 Å². The number of hydrogen-bond acceptors (Lipinski definition) is 7. The maximum atomic E-state index is 13.7. The number of fused-ring (bicyclic) bond motifs is 1. The number of carbonyl (C=O) groups excluding carboxylic acids is 3. The van der Waals surface area contributed by atoms with Gasteiger partial charge in [-0.1, -0.05) is 26.0 Å². The van der Waals surface area contributed by atoms with E-state index in [-0.39, 0.29) is 16.9 Å². The molecular weight excluding hydrogens is 635 g/mol. The molecule has 0 radical (unpaired) electrons. The number of imide groups is 1. The summed E-state index contributed by atoms with van der Waals surface area (Å²) >= 11 is 0. The van der Waals surface area contributed by atoms with Crippen LogP contribution in [0.5, 0.6) is 0 Å². The number of benzene rings is 3. The molecule has 1 aromatic heterocycles. The van der Waals surface area contributed by atoms with Gasteiger partial charge in [0.05, 0.1) is 22.5 Å². The van der Waals surface area contributed by atoms with E-state index >= 15 is 0 Å². The van der Waals surface area contributed by atoms with Gasteiger partial charge in [0.15, 0.2) is 0 Å². The summed E-state index contributed by atoms with van der Waals surface area (Å²) in [5, 5.41) is 6.61. The summed E-state index contributed by atoms with van der Waals surface area (Å²) in [5.74, 6) is -0.808. The first-order valence-corrected chi connectivity index (χ1v) is 16.1. The zero-order chi connectivity index (χ0) is 35.7. The molecule has 1 aliphatic rings. The third-order valence-electron chi connectivity index (χ3n) is 9.08. The molecule has 13 heteroatoms. The van der Waals surface area contributed by atoms with E-state index in [2.05, 4.69) is 39.3 Å². The molecule has 0 saturated carbocycles. The summed E-state index contributed by atoms with van der Waals surface area (Å²) in [5.41, 5.74) is 0.534. The number of carbonyl (C=O) groups is 3. The van der Waals surface area contributed by atoms with Crippen LogP contribution in [0.2, 0.25) is 0 Å². The Morgan fingerprint density at radius 3 is 2.39 bits per heavy atom. The number of halogens is 3. The fourth-order valence-corrected chi connectivity index (χ4v) is 5.71. The standard InChI is InChI=1S/C36H40F3N7O3/c1-7-45(8-2)17-9-16-40-33-41-21-25-18-23(12-14-28(25)43-33)27-19-24(11-10-22(27)3)31(47)42-29-20-26(36(37,38)39)13-15-30(29)46-32(48)35(4,5)44(6)34(46)49/h10-15,18-21H,7-9,16-17H2,1-6H3,(H,42,47)(H,40,41,43). The average molecular weight is 676 g/mol. The Labute approximate surface area is 283 Å². The summed E-state index contributed by atoms with van der Waals surface area (Å²) < 4.78 is 41.2. The lowest BCUT2D eigenvalue weighted by Gasteiger charge is -2.22. The number of nitrogens with zero attached hydrogens (tertiary/aromatic N) is 5. The number of urea groups is 1. The number of rotatable bonds is 11. The van der Waals surface area contributed by atoms with Gasteiger partial charge in [-0.05, 0) is 106 Å². The maximum Gasteiger partial charge on any atom is 0.416 e. The normalized spacial score (nSPS) is 14.7. The number of nitrogens with one attached hydrogen (secondary N) is 2. The Hall–Kier alpha value is -5.04. The third-order valence-corrected chi connectivity index (χ3v) is 9.08. The van der Waals surface area contributed by atoms with Crippen LogP contribution in [-0.2, 0) is 11.0 Å².